The minimum absolute atomic E-state index is 0.0180. The van der Waals surface area contributed by atoms with Gasteiger partial charge < -0.3 is 15.5 Å². The second kappa shape index (κ2) is 7.64. The molecular weight excluding hydrogens is 342 g/mol. The lowest BCUT2D eigenvalue weighted by atomic mass is 10.0. The summed E-state index contributed by atoms with van der Waals surface area (Å²) in [5.41, 5.74) is 1.88. The fourth-order valence-electron chi connectivity index (χ4n) is 4.04. The zero-order valence-corrected chi connectivity index (χ0v) is 16.0. The van der Waals surface area contributed by atoms with Crippen molar-refractivity contribution in [2.24, 2.45) is 0 Å². The normalized spacial score (nSPS) is 22.8. The minimum atomic E-state index is -0.0492. The standard InChI is InChI=1S/C19H27N7O/c1-12-10-18(25-24-12)23-17-11-15(21-13(2)22-17)16-7-5-9-26(16)19(27)14-6-3-4-8-20-14/h10-11,14,16,20H,3-9H2,1-2H3,(H2,21,22,23,24,25)/t14-,16-/m1/s1. The molecule has 1 amide bonds. The predicted molar refractivity (Wildman–Crippen MR) is 103 cm³/mol. The lowest BCUT2D eigenvalue weighted by molar-refractivity contribution is -0.135. The molecule has 2 aliphatic rings. The summed E-state index contributed by atoms with van der Waals surface area (Å²) in [7, 11) is 0. The molecule has 0 radical (unpaired) electrons. The fourth-order valence-corrected chi connectivity index (χ4v) is 4.04. The third-order valence-electron chi connectivity index (χ3n) is 5.31. The van der Waals surface area contributed by atoms with Gasteiger partial charge in [-0.2, -0.15) is 5.10 Å². The Morgan fingerprint density at radius 1 is 1.15 bits per heavy atom. The highest BCUT2D eigenvalue weighted by Gasteiger charge is 2.35. The van der Waals surface area contributed by atoms with Gasteiger partial charge >= 0.3 is 0 Å². The molecular formula is C19H27N7O. The van der Waals surface area contributed by atoms with Crippen LogP contribution in [0.4, 0.5) is 11.6 Å². The van der Waals surface area contributed by atoms with E-state index in [9.17, 15) is 4.79 Å². The Morgan fingerprint density at radius 2 is 2.04 bits per heavy atom. The average Bonchev–Trinajstić information content (AvgIpc) is 3.30. The van der Waals surface area contributed by atoms with Crippen LogP contribution in [0, 0.1) is 13.8 Å². The van der Waals surface area contributed by atoms with Crippen molar-refractivity contribution in [1.82, 2.24) is 30.4 Å². The molecule has 27 heavy (non-hydrogen) atoms. The molecule has 2 aromatic rings. The Labute approximate surface area is 159 Å². The van der Waals surface area contributed by atoms with E-state index in [1.165, 1.54) is 0 Å². The van der Waals surface area contributed by atoms with Crippen molar-refractivity contribution in [3.63, 3.8) is 0 Å². The van der Waals surface area contributed by atoms with Crippen LogP contribution in [0.2, 0.25) is 0 Å². The predicted octanol–water partition coefficient (Wildman–Crippen LogP) is 2.37. The summed E-state index contributed by atoms with van der Waals surface area (Å²) in [4.78, 5) is 24.2. The highest BCUT2D eigenvalue weighted by atomic mass is 16.2. The van der Waals surface area contributed by atoms with Crippen LogP contribution in [0.5, 0.6) is 0 Å². The van der Waals surface area contributed by atoms with E-state index in [-0.39, 0.29) is 18.0 Å². The Hall–Kier alpha value is -2.48. The summed E-state index contributed by atoms with van der Waals surface area (Å²) in [6, 6.07) is 3.84. The summed E-state index contributed by atoms with van der Waals surface area (Å²) in [5, 5.41) is 13.7. The summed E-state index contributed by atoms with van der Waals surface area (Å²) >= 11 is 0. The van der Waals surface area contributed by atoms with Gasteiger partial charge in [0.1, 0.15) is 11.6 Å². The number of likely N-dealkylation sites (tertiary alicyclic amines) is 1. The molecule has 4 heterocycles. The molecule has 2 aliphatic heterocycles. The summed E-state index contributed by atoms with van der Waals surface area (Å²) in [6.07, 6.45) is 5.14. The summed E-state index contributed by atoms with van der Waals surface area (Å²) in [6.45, 7) is 5.56. The number of nitrogens with one attached hydrogen (secondary N) is 3. The molecule has 4 rings (SSSR count). The quantitative estimate of drug-likeness (QED) is 0.765. The number of rotatable bonds is 4. The van der Waals surface area contributed by atoms with Crippen molar-refractivity contribution < 1.29 is 4.79 Å². The van der Waals surface area contributed by atoms with Gasteiger partial charge in [-0.05, 0) is 46.1 Å². The van der Waals surface area contributed by atoms with E-state index in [0.29, 0.717) is 11.6 Å². The van der Waals surface area contributed by atoms with Gasteiger partial charge in [0.25, 0.3) is 0 Å². The molecule has 2 atom stereocenters. The first-order valence-electron chi connectivity index (χ1n) is 9.78. The van der Waals surface area contributed by atoms with E-state index in [1.54, 1.807) is 0 Å². The number of anilines is 2. The van der Waals surface area contributed by atoms with E-state index in [1.807, 2.05) is 30.9 Å². The number of carbonyl (C=O) groups is 1. The number of aromatic nitrogens is 4. The Morgan fingerprint density at radius 3 is 2.78 bits per heavy atom. The van der Waals surface area contributed by atoms with Crippen LogP contribution in [-0.2, 0) is 4.79 Å². The zero-order valence-electron chi connectivity index (χ0n) is 16.0. The van der Waals surface area contributed by atoms with Gasteiger partial charge in [-0.3, -0.25) is 9.89 Å². The van der Waals surface area contributed by atoms with Gasteiger partial charge in [0.05, 0.1) is 17.8 Å². The van der Waals surface area contributed by atoms with E-state index in [2.05, 4.69) is 30.8 Å². The third-order valence-corrected chi connectivity index (χ3v) is 5.31. The minimum Gasteiger partial charge on any atom is -0.333 e. The molecule has 2 fully saturated rings. The van der Waals surface area contributed by atoms with Crippen molar-refractivity contribution in [3.05, 3.63) is 29.3 Å². The van der Waals surface area contributed by atoms with Crippen molar-refractivity contribution in [2.75, 3.05) is 18.4 Å². The number of aryl methyl sites for hydroxylation is 2. The zero-order chi connectivity index (χ0) is 18.8. The number of aromatic amines is 1. The molecule has 0 aromatic carbocycles. The number of carbonyl (C=O) groups excluding carboxylic acids is 1. The maximum absolute atomic E-state index is 13.0. The van der Waals surface area contributed by atoms with E-state index >= 15 is 0 Å². The van der Waals surface area contributed by atoms with Crippen LogP contribution in [0.15, 0.2) is 12.1 Å². The second-order valence-electron chi connectivity index (χ2n) is 7.48. The fraction of sp³-hybridized carbons (Fsp3) is 0.579. The average molecular weight is 369 g/mol. The van der Waals surface area contributed by atoms with Crippen LogP contribution in [0.1, 0.15) is 55.4 Å². The topological polar surface area (TPSA) is 98.8 Å². The molecule has 0 bridgehead atoms. The third kappa shape index (κ3) is 3.95. The Balaban J connectivity index is 1.55. The van der Waals surface area contributed by atoms with Crippen LogP contribution >= 0.6 is 0 Å². The lowest BCUT2D eigenvalue weighted by Crippen LogP contribution is -2.48. The highest BCUT2D eigenvalue weighted by molar-refractivity contribution is 5.82. The molecule has 2 aromatic heterocycles. The number of amides is 1. The van der Waals surface area contributed by atoms with Crippen molar-refractivity contribution in [2.45, 2.75) is 58.0 Å². The lowest BCUT2D eigenvalue weighted by Gasteiger charge is -2.31. The molecule has 3 N–H and O–H groups in total. The maximum atomic E-state index is 13.0. The van der Waals surface area contributed by atoms with E-state index in [4.69, 9.17) is 0 Å². The molecule has 144 valence electrons. The molecule has 8 nitrogen and oxygen atoms in total. The first-order valence-corrected chi connectivity index (χ1v) is 9.78. The van der Waals surface area contributed by atoms with Crippen LogP contribution in [0.3, 0.4) is 0 Å². The Kier molecular flexibility index (Phi) is 5.07. The van der Waals surface area contributed by atoms with Crippen molar-refractivity contribution >= 4 is 17.5 Å². The van der Waals surface area contributed by atoms with E-state index < -0.39 is 0 Å². The van der Waals surface area contributed by atoms with Gasteiger partial charge in [-0.1, -0.05) is 6.42 Å². The number of hydrogen-bond acceptors (Lipinski definition) is 6. The first-order chi connectivity index (χ1) is 13.1. The van der Waals surface area contributed by atoms with Gasteiger partial charge in [0.2, 0.25) is 5.91 Å². The van der Waals surface area contributed by atoms with Gasteiger partial charge in [0.15, 0.2) is 5.82 Å². The van der Waals surface area contributed by atoms with Crippen LogP contribution in [-0.4, -0.2) is 50.1 Å². The summed E-state index contributed by atoms with van der Waals surface area (Å²) < 4.78 is 0. The molecule has 8 heteroatoms. The van der Waals surface area contributed by atoms with Gasteiger partial charge in [-0.25, -0.2) is 9.97 Å². The Bertz CT molecular complexity index is 812. The van der Waals surface area contributed by atoms with Crippen LogP contribution < -0.4 is 10.6 Å². The molecule has 2 saturated heterocycles. The largest absolute Gasteiger partial charge is 0.333 e. The smallest absolute Gasteiger partial charge is 0.240 e. The van der Waals surface area contributed by atoms with Gasteiger partial charge in [-0.15, -0.1) is 0 Å². The number of H-pyrrole nitrogens is 1. The summed E-state index contributed by atoms with van der Waals surface area (Å²) in [5.74, 6) is 2.34. The van der Waals surface area contributed by atoms with Crippen molar-refractivity contribution in [3.8, 4) is 0 Å². The monoisotopic (exact) mass is 369 g/mol. The molecule has 0 aliphatic carbocycles. The van der Waals surface area contributed by atoms with Crippen LogP contribution in [0.25, 0.3) is 0 Å². The maximum Gasteiger partial charge on any atom is 0.240 e. The van der Waals surface area contributed by atoms with Gasteiger partial charge in [0, 0.05) is 24.4 Å². The van der Waals surface area contributed by atoms with E-state index in [0.717, 1.165) is 62.4 Å². The molecule has 0 unspecified atom stereocenters. The van der Waals surface area contributed by atoms with Crippen molar-refractivity contribution in [1.29, 1.82) is 0 Å². The molecule has 0 saturated carbocycles. The number of hydrogen-bond donors (Lipinski definition) is 3. The second-order valence-corrected chi connectivity index (χ2v) is 7.48. The number of nitrogens with zero attached hydrogens (tertiary/aromatic N) is 4. The number of piperidine rings is 1. The SMILES string of the molecule is Cc1nc(Nc2cc(C)[nH]n2)cc([C@H]2CCCN2C(=O)[C@H]2CCCCN2)n1. The highest BCUT2D eigenvalue weighted by Crippen LogP contribution is 2.33. The first kappa shape index (κ1) is 17.9. The molecule has 0 spiro atoms.